The molecule has 4 heterocycles. The number of hydrogen-bond donors (Lipinski definition) is 2. The Morgan fingerprint density at radius 3 is 1.84 bits per heavy atom. The minimum atomic E-state index is -0.843. The molecule has 1 aliphatic rings. The largest absolute Gasteiger partial charge is 0.468 e. The molecule has 2 amide bonds. The van der Waals surface area contributed by atoms with Crippen LogP contribution in [-0.2, 0) is 49.7 Å². The van der Waals surface area contributed by atoms with Crippen molar-refractivity contribution in [1.82, 2.24) is 19.8 Å². The maximum atomic E-state index is 11.9. The lowest BCUT2D eigenvalue weighted by Gasteiger charge is -2.15. The molecule has 17 nitrogen and oxygen atoms in total. The van der Waals surface area contributed by atoms with Crippen LogP contribution in [0.2, 0.25) is 0 Å². The normalized spacial score (nSPS) is 11.0. The van der Waals surface area contributed by atoms with Crippen molar-refractivity contribution < 1.29 is 37.5 Å². The summed E-state index contributed by atoms with van der Waals surface area (Å²) in [5.41, 5.74) is -1.56. The predicted molar refractivity (Wildman–Crippen MR) is 190 cm³/mol. The van der Waals surface area contributed by atoms with Crippen LogP contribution >= 0.6 is 15.9 Å². The molecule has 280 valence electrons. The lowest BCUT2D eigenvalue weighted by atomic mass is 10.0. The maximum Gasteiger partial charge on any atom is 0.337 e. The number of aromatic amines is 1. The smallest absolute Gasteiger partial charge is 0.337 e. The Labute approximate surface area is 301 Å². The van der Waals surface area contributed by atoms with Gasteiger partial charge < -0.3 is 23.2 Å². The molecule has 0 saturated carbocycles. The monoisotopic (exact) mass is 781 g/mol. The third-order valence-corrected chi connectivity index (χ3v) is 7.29. The van der Waals surface area contributed by atoms with Gasteiger partial charge in [0.1, 0.15) is 23.0 Å². The van der Waals surface area contributed by atoms with E-state index >= 15 is 0 Å². The molecule has 3 aromatic heterocycles. The second-order valence-corrected chi connectivity index (χ2v) is 10.5. The third kappa shape index (κ3) is 14.7. The van der Waals surface area contributed by atoms with E-state index in [0.29, 0.717) is 29.5 Å². The lowest BCUT2D eigenvalue weighted by molar-refractivity contribution is -0.141. The van der Waals surface area contributed by atoms with Crippen LogP contribution < -0.4 is 27.8 Å². The summed E-state index contributed by atoms with van der Waals surface area (Å²) < 4.78 is 19.3. The van der Waals surface area contributed by atoms with Gasteiger partial charge in [0.2, 0.25) is 11.6 Å². The number of imide groups is 1. The quantitative estimate of drug-likeness (QED) is 0.188. The molecule has 3 aromatic rings. The molecule has 0 spiro atoms. The van der Waals surface area contributed by atoms with Crippen molar-refractivity contribution in [3.63, 3.8) is 0 Å². The number of fused-ring (bicyclic) bond motifs is 2. The van der Waals surface area contributed by atoms with Crippen molar-refractivity contribution in [3.05, 3.63) is 76.3 Å². The summed E-state index contributed by atoms with van der Waals surface area (Å²) in [6, 6.07) is 4.22. The van der Waals surface area contributed by atoms with Crippen LogP contribution in [0.4, 0.5) is 0 Å². The van der Waals surface area contributed by atoms with Gasteiger partial charge in [-0.1, -0.05) is 50.5 Å². The first-order valence-electron chi connectivity index (χ1n) is 15.7. The number of hydrogen-bond acceptors (Lipinski definition) is 14. The number of ether oxygens (including phenoxy) is 2. The molecule has 4 rings (SSSR count). The van der Waals surface area contributed by atoms with E-state index in [1.807, 2.05) is 6.92 Å². The highest BCUT2D eigenvalue weighted by Crippen LogP contribution is 2.17. The molecule has 2 N–H and O–H groups in total. The van der Waals surface area contributed by atoms with Gasteiger partial charge in [-0.2, -0.15) is 5.26 Å². The Bertz CT molecular complexity index is 1910. The number of aromatic nitrogens is 2. The fourth-order valence-electron chi connectivity index (χ4n) is 4.27. The summed E-state index contributed by atoms with van der Waals surface area (Å²) in [5, 5.41) is 9.87. The van der Waals surface area contributed by atoms with Crippen molar-refractivity contribution >= 4 is 50.8 Å². The highest BCUT2D eigenvalue weighted by atomic mass is 79.9. The van der Waals surface area contributed by atoms with Crippen LogP contribution in [0.25, 0.3) is 11.1 Å². The number of carbonyl (C=O) groups excluding carboxylic acids is 4. The molecule has 0 fully saturated rings. The topological polar surface area (TPSA) is 241 Å². The molecule has 0 saturated heterocycles. The van der Waals surface area contributed by atoms with Crippen LogP contribution in [0.15, 0.2) is 40.1 Å². The Morgan fingerprint density at radius 2 is 1.41 bits per heavy atom. The zero-order valence-corrected chi connectivity index (χ0v) is 31.5. The van der Waals surface area contributed by atoms with Gasteiger partial charge in [0.15, 0.2) is 0 Å². The summed E-state index contributed by atoms with van der Waals surface area (Å²) in [6.07, 6.45) is 0.904. The molecular formula is C33H44BrN5O12. The van der Waals surface area contributed by atoms with Crippen molar-refractivity contribution in [3.8, 4) is 6.07 Å². The number of nitriles is 1. The molecule has 0 aromatic carbocycles. The number of nitrogens with zero attached hydrogens (tertiary/aromatic N) is 3. The van der Waals surface area contributed by atoms with Crippen LogP contribution in [0.1, 0.15) is 68.8 Å². The predicted octanol–water partition coefficient (Wildman–Crippen LogP) is 1.83. The Balaban J connectivity index is 0.000000706. The van der Waals surface area contributed by atoms with Crippen LogP contribution in [-0.4, -0.2) is 77.4 Å². The fraction of sp³-hybridized carbons (Fsp3) is 0.485. The van der Waals surface area contributed by atoms with Gasteiger partial charge in [-0.25, -0.2) is 14.4 Å². The fourth-order valence-corrected chi connectivity index (χ4v) is 4.50. The molecule has 18 heteroatoms. The van der Waals surface area contributed by atoms with E-state index in [2.05, 4.69) is 61.4 Å². The Morgan fingerprint density at radius 1 is 0.902 bits per heavy atom. The van der Waals surface area contributed by atoms with E-state index in [-0.39, 0.29) is 34.6 Å². The summed E-state index contributed by atoms with van der Waals surface area (Å²) in [6.45, 7) is 14.7. The molecule has 0 bridgehead atoms. The minimum Gasteiger partial charge on any atom is -0.468 e. The van der Waals surface area contributed by atoms with Gasteiger partial charge in [-0.3, -0.25) is 38.8 Å². The van der Waals surface area contributed by atoms with Crippen LogP contribution in [0.3, 0.4) is 0 Å². The minimum absolute atomic E-state index is 0.0514. The Hall–Kier alpha value is -5.15. The summed E-state index contributed by atoms with van der Waals surface area (Å²) in [7, 11) is 2.51. The lowest BCUT2D eigenvalue weighted by Crippen LogP contribution is -2.38. The second kappa shape index (κ2) is 24.1. The van der Waals surface area contributed by atoms with Gasteiger partial charge in [-0.05, 0) is 43.6 Å². The zero-order valence-electron chi connectivity index (χ0n) is 29.9. The average Bonchev–Trinajstić information content (AvgIpc) is 3.10. The highest BCUT2D eigenvalue weighted by molar-refractivity contribution is 9.09. The van der Waals surface area contributed by atoms with Gasteiger partial charge >= 0.3 is 28.9 Å². The van der Waals surface area contributed by atoms with E-state index in [1.165, 1.54) is 45.8 Å². The molecule has 0 radical (unpaired) electrons. The Kier molecular flexibility index (Phi) is 21.6. The van der Waals surface area contributed by atoms with E-state index in [0.717, 1.165) is 11.7 Å². The van der Waals surface area contributed by atoms with Crippen LogP contribution in [0, 0.1) is 11.3 Å². The molecule has 0 unspecified atom stereocenters. The van der Waals surface area contributed by atoms with Crippen molar-refractivity contribution in [2.75, 3.05) is 39.2 Å². The number of nitrogens with one attached hydrogen (secondary N) is 2. The van der Waals surface area contributed by atoms with E-state index in [4.69, 9.17) is 14.1 Å². The standard InChI is InChI=1S/C12H12N2O6.C10H9NO4.C6H15N.C3H5BrO2.C2H3N/c1-3-6-4-7(15)20-11-9(6)10(17)13-12(18)14(11)5-8(16)19-2;1-2-5-3-8(13)15-6-4-7(12)11-10(14)9(5)6;1-4-7(5-2)6-3;1-6-3(5)2-4;1-2-3/h4H,3,5H2,1-2H3,(H,13,17,18);3H,2,4H2,1H3,(H,11,12,14);4-6H2,1-3H3;2H2,1H3;1H3. The van der Waals surface area contributed by atoms with Gasteiger partial charge in [0.25, 0.3) is 11.5 Å². The number of rotatable bonds is 8. The first-order chi connectivity index (χ1) is 24.2. The zero-order chi connectivity index (χ0) is 39.3. The number of halogens is 1. The third-order valence-electron chi connectivity index (χ3n) is 6.83. The van der Waals surface area contributed by atoms with Crippen molar-refractivity contribution in [2.24, 2.45) is 0 Å². The number of carbonyl (C=O) groups is 4. The summed E-state index contributed by atoms with van der Waals surface area (Å²) >= 11 is 2.90. The molecule has 0 aliphatic carbocycles. The van der Waals surface area contributed by atoms with Crippen molar-refractivity contribution in [1.29, 1.82) is 5.26 Å². The number of esters is 2. The first kappa shape index (κ1) is 45.9. The van der Waals surface area contributed by atoms with E-state index in [1.54, 1.807) is 13.0 Å². The van der Waals surface area contributed by atoms with E-state index < -0.39 is 46.8 Å². The highest BCUT2D eigenvalue weighted by Gasteiger charge is 2.27. The van der Waals surface area contributed by atoms with Gasteiger partial charge in [0.05, 0.1) is 32.3 Å². The van der Waals surface area contributed by atoms with Gasteiger partial charge in [-0.15, -0.1) is 0 Å². The number of H-pyrrole nitrogens is 1. The van der Waals surface area contributed by atoms with E-state index in [9.17, 15) is 38.4 Å². The molecule has 1 aliphatic heterocycles. The number of amides is 2. The SMILES string of the molecule is CC#N.CCN(CC)CC.CCc1cc(=O)oc2c1C(=O)NC(=O)C2.CCc1cc(=O)oc2c1c(=O)[nH]c(=O)n2CC(=O)OC.COC(=O)CBr. The van der Waals surface area contributed by atoms with Crippen LogP contribution in [0.5, 0.6) is 0 Å². The second-order valence-electron chi connectivity index (χ2n) is 9.90. The number of methoxy groups -OCH3 is 2. The first-order valence-corrected chi connectivity index (χ1v) is 16.8. The molecular weight excluding hydrogens is 738 g/mol. The molecule has 0 atom stereocenters. The van der Waals surface area contributed by atoms with Crippen molar-refractivity contribution in [2.45, 2.75) is 67.3 Å². The average molecular weight is 783 g/mol. The number of aryl methyl sites for hydroxylation is 2. The van der Waals surface area contributed by atoms with Gasteiger partial charge in [0, 0.05) is 19.1 Å². The summed E-state index contributed by atoms with van der Waals surface area (Å²) in [4.78, 5) is 94.4. The summed E-state index contributed by atoms with van der Waals surface area (Å²) in [5.74, 6) is -1.70. The maximum absolute atomic E-state index is 11.9. The molecule has 51 heavy (non-hydrogen) atoms. The number of alkyl halides is 1.